The fourth-order valence-electron chi connectivity index (χ4n) is 1.95. The summed E-state index contributed by atoms with van der Waals surface area (Å²) in [5.41, 5.74) is 1.77. The lowest BCUT2D eigenvalue weighted by Crippen LogP contribution is -2.25. The van der Waals surface area contributed by atoms with Crippen molar-refractivity contribution in [3.8, 4) is 0 Å². The number of nitrogens with zero attached hydrogens (tertiary/aromatic N) is 1. The fraction of sp³-hybridized carbons (Fsp3) is 0.294. The van der Waals surface area contributed by atoms with Crippen LogP contribution in [0.5, 0.6) is 0 Å². The zero-order valence-electron chi connectivity index (χ0n) is 12.3. The van der Waals surface area contributed by atoms with E-state index in [2.05, 4.69) is 10.3 Å². The maximum atomic E-state index is 13.4. The Hall–Kier alpha value is -1.88. The van der Waals surface area contributed by atoms with E-state index in [1.807, 2.05) is 18.2 Å². The Balaban J connectivity index is 1.57. The molecule has 0 aliphatic carbocycles. The molecule has 2 aromatic rings. The molecule has 2 rings (SSSR count). The summed E-state index contributed by atoms with van der Waals surface area (Å²) in [5, 5.41) is 2.88. The third-order valence-corrected chi connectivity index (χ3v) is 4.16. The number of halogens is 1. The first-order valence-electron chi connectivity index (χ1n) is 7.22. The van der Waals surface area contributed by atoms with Crippen LogP contribution in [0.4, 0.5) is 4.39 Å². The minimum Gasteiger partial charge on any atom is -0.355 e. The number of nitrogens with one attached hydrogen (secondary N) is 1. The topological polar surface area (TPSA) is 42.0 Å². The summed E-state index contributed by atoms with van der Waals surface area (Å²) < 4.78 is 13.4. The molecule has 0 aliphatic rings. The molecule has 3 nitrogen and oxygen atoms in total. The van der Waals surface area contributed by atoms with Crippen LogP contribution in [0.1, 0.15) is 17.5 Å². The molecule has 22 heavy (non-hydrogen) atoms. The monoisotopic (exact) mass is 318 g/mol. The van der Waals surface area contributed by atoms with Crippen molar-refractivity contribution in [2.45, 2.75) is 18.6 Å². The van der Waals surface area contributed by atoms with Crippen molar-refractivity contribution >= 4 is 17.7 Å². The summed E-state index contributed by atoms with van der Waals surface area (Å²) in [5.74, 6) is 1.26. The van der Waals surface area contributed by atoms with Gasteiger partial charge in [0.05, 0.1) is 0 Å². The number of amides is 1. The van der Waals surface area contributed by atoms with Crippen LogP contribution < -0.4 is 5.32 Å². The Kier molecular flexibility index (Phi) is 6.90. The Labute approximate surface area is 134 Å². The number of hydrogen-bond acceptors (Lipinski definition) is 3. The van der Waals surface area contributed by atoms with Gasteiger partial charge in [0, 0.05) is 36.9 Å². The molecule has 0 bridgehead atoms. The molecular formula is C17H19FN2OS. The quantitative estimate of drug-likeness (QED) is 0.760. The third-order valence-electron chi connectivity index (χ3n) is 3.15. The van der Waals surface area contributed by atoms with Crippen molar-refractivity contribution in [2.75, 3.05) is 12.3 Å². The number of thioether (sulfide) groups is 1. The predicted octanol–water partition coefficient (Wildman–Crippen LogP) is 3.20. The molecular weight excluding hydrogens is 299 g/mol. The molecule has 1 aromatic heterocycles. The van der Waals surface area contributed by atoms with E-state index in [1.165, 1.54) is 6.07 Å². The normalized spacial score (nSPS) is 10.4. The molecule has 1 heterocycles. The van der Waals surface area contributed by atoms with Gasteiger partial charge in [0.1, 0.15) is 5.82 Å². The Bertz CT molecular complexity index is 592. The highest BCUT2D eigenvalue weighted by molar-refractivity contribution is 7.98. The van der Waals surface area contributed by atoms with Crippen LogP contribution in [0, 0.1) is 5.82 Å². The van der Waals surface area contributed by atoms with Gasteiger partial charge in [-0.15, -0.1) is 0 Å². The van der Waals surface area contributed by atoms with Crippen LogP contribution in [0.15, 0.2) is 48.8 Å². The van der Waals surface area contributed by atoms with Gasteiger partial charge >= 0.3 is 0 Å². The van der Waals surface area contributed by atoms with Crippen molar-refractivity contribution < 1.29 is 9.18 Å². The average molecular weight is 318 g/mol. The van der Waals surface area contributed by atoms with Gasteiger partial charge in [0.25, 0.3) is 0 Å². The van der Waals surface area contributed by atoms with E-state index in [1.54, 1.807) is 36.3 Å². The van der Waals surface area contributed by atoms with Gasteiger partial charge in [-0.1, -0.05) is 24.3 Å². The Morgan fingerprint density at radius 2 is 2.09 bits per heavy atom. The van der Waals surface area contributed by atoms with Gasteiger partial charge in [-0.05, 0) is 29.7 Å². The second kappa shape index (κ2) is 9.20. The first-order chi connectivity index (χ1) is 10.8. The van der Waals surface area contributed by atoms with Crippen molar-refractivity contribution in [2.24, 2.45) is 0 Å². The molecule has 5 heteroatoms. The van der Waals surface area contributed by atoms with Crippen molar-refractivity contribution in [1.29, 1.82) is 0 Å². The third kappa shape index (κ3) is 5.85. The van der Waals surface area contributed by atoms with E-state index in [-0.39, 0.29) is 11.7 Å². The second-order valence-corrected chi connectivity index (χ2v) is 5.96. The molecule has 0 atom stereocenters. The first-order valence-corrected chi connectivity index (χ1v) is 8.38. The average Bonchev–Trinajstić information content (AvgIpc) is 2.55. The zero-order chi connectivity index (χ0) is 15.6. The van der Waals surface area contributed by atoms with Crippen LogP contribution in [-0.4, -0.2) is 23.2 Å². The van der Waals surface area contributed by atoms with Crippen LogP contribution in [0.25, 0.3) is 0 Å². The maximum Gasteiger partial charge on any atom is 0.220 e. The molecule has 116 valence electrons. The number of rotatable bonds is 8. The second-order valence-electron chi connectivity index (χ2n) is 4.86. The molecule has 0 spiro atoms. The van der Waals surface area contributed by atoms with Crippen molar-refractivity contribution in [3.63, 3.8) is 0 Å². The lowest BCUT2D eigenvalue weighted by molar-refractivity contribution is -0.120. The molecule has 0 fully saturated rings. The van der Waals surface area contributed by atoms with E-state index in [0.717, 1.165) is 11.3 Å². The van der Waals surface area contributed by atoms with E-state index < -0.39 is 0 Å². The van der Waals surface area contributed by atoms with Crippen molar-refractivity contribution in [3.05, 3.63) is 65.7 Å². The number of hydrogen-bond donors (Lipinski definition) is 1. The number of pyridine rings is 1. The first kappa shape index (κ1) is 16.5. The van der Waals surface area contributed by atoms with Gasteiger partial charge in [-0.3, -0.25) is 9.78 Å². The predicted molar refractivity (Wildman–Crippen MR) is 88.1 cm³/mol. The van der Waals surface area contributed by atoms with Gasteiger partial charge < -0.3 is 5.32 Å². The summed E-state index contributed by atoms with van der Waals surface area (Å²) in [6, 6.07) is 10.6. The number of carbonyl (C=O) groups is 1. The minimum atomic E-state index is -0.171. The van der Waals surface area contributed by atoms with Crippen LogP contribution in [0.3, 0.4) is 0 Å². The van der Waals surface area contributed by atoms with Gasteiger partial charge in [0.15, 0.2) is 0 Å². The number of benzene rings is 1. The van der Waals surface area contributed by atoms with Crippen LogP contribution >= 0.6 is 11.8 Å². The highest BCUT2D eigenvalue weighted by atomic mass is 32.2. The lowest BCUT2D eigenvalue weighted by Gasteiger charge is -2.06. The summed E-state index contributed by atoms with van der Waals surface area (Å²) in [6.07, 6.45) is 4.65. The number of carbonyl (C=O) groups excluding carboxylic acids is 1. The molecule has 0 aliphatic heterocycles. The van der Waals surface area contributed by atoms with E-state index in [9.17, 15) is 9.18 Å². The van der Waals surface area contributed by atoms with Gasteiger partial charge in [-0.25, -0.2) is 4.39 Å². The molecule has 0 radical (unpaired) electrons. The molecule has 0 saturated heterocycles. The zero-order valence-corrected chi connectivity index (χ0v) is 13.1. The minimum absolute atomic E-state index is 0.0374. The SMILES string of the molecule is O=C(CCc1cccnc1)NCCSCc1ccccc1F. The fourth-order valence-corrected chi connectivity index (χ4v) is 2.80. The molecule has 1 amide bonds. The number of aromatic nitrogens is 1. The lowest BCUT2D eigenvalue weighted by atomic mass is 10.1. The molecule has 1 N–H and O–H groups in total. The van der Waals surface area contributed by atoms with E-state index in [0.29, 0.717) is 30.7 Å². The summed E-state index contributed by atoms with van der Waals surface area (Å²) in [6.45, 7) is 0.602. The van der Waals surface area contributed by atoms with Crippen LogP contribution in [0.2, 0.25) is 0 Å². The van der Waals surface area contributed by atoms with Gasteiger partial charge in [-0.2, -0.15) is 11.8 Å². The Morgan fingerprint density at radius 3 is 2.86 bits per heavy atom. The summed E-state index contributed by atoms with van der Waals surface area (Å²) >= 11 is 1.61. The highest BCUT2D eigenvalue weighted by Gasteiger charge is 2.03. The largest absolute Gasteiger partial charge is 0.355 e. The highest BCUT2D eigenvalue weighted by Crippen LogP contribution is 2.14. The standard InChI is InChI=1S/C17H19FN2OS/c18-16-6-2-1-5-15(16)13-22-11-10-20-17(21)8-7-14-4-3-9-19-12-14/h1-6,9,12H,7-8,10-11,13H2,(H,20,21). The van der Waals surface area contributed by atoms with E-state index in [4.69, 9.17) is 0 Å². The van der Waals surface area contributed by atoms with E-state index >= 15 is 0 Å². The summed E-state index contributed by atoms with van der Waals surface area (Å²) in [7, 11) is 0. The molecule has 0 unspecified atom stereocenters. The number of aryl methyl sites for hydroxylation is 1. The van der Waals surface area contributed by atoms with Gasteiger partial charge in [0.2, 0.25) is 5.91 Å². The maximum absolute atomic E-state index is 13.4. The smallest absolute Gasteiger partial charge is 0.220 e. The molecule has 0 saturated carbocycles. The van der Waals surface area contributed by atoms with Crippen molar-refractivity contribution in [1.82, 2.24) is 10.3 Å². The summed E-state index contributed by atoms with van der Waals surface area (Å²) in [4.78, 5) is 15.7. The van der Waals surface area contributed by atoms with Crippen LogP contribution in [-0.2, 0) is 17.0 Å². The Morgan fingerprint density at radius 1 is 1.23 bits per heavy atom. The molecule has 1 aromatic carbocycles.